The zero-order valence-corrected chi connectivity index (χ0v) is 15.6. The lowest BCUT2D eigenvalue weighted by Crippen LogP contribution is -2.47. The standard InChI is InChI=1S/C17H31NO2Si/c1-16(2,3)21(5,6)20-11-8-14-12-15(19)18-10-7-9-17(18,4)13-14/h12H,7-11,13H2,1-6H3/t17-/m0/s1. The van der Waals surface area contributed by atoms with Crippen molar-refractivity contribution in [1.82, 2.24) is 4.90 Å². The van der Waals surface area contributed by atoms with E-state index in [1.807, 2.05) is 6.08 Å². The molecule has 1 atom stereocenters. The molecule has 21 heavy (non-hydrogen) atoms. The summed E-state index contributed by atoms with van der Waals surface area (Å²) < 4.78 is 6.25. The quantitative estimate of drug-likeness (QED) is 0.731. The molecule has 0 aliphatic carbocycles. The van der Waals surface area contributed by atoms with Gasteiger partial charge in [-0.15, -0.1) is 0 Å². The lowest BCUT2D eigenvalue weighted by molar-refractivity contribution is -0.130. The van der Waals surface area contributed by atoms with Crippen LogP contribution in [0.25, 0.3) is 0 Å². The predicted octanol–water partition coefficient (Wildman–Crippen LogP) is 4.11. The molecule has 0 N–H and O–H groups in total. The van der Waals surface area contributed by atoms with Crippen molar-refractivity contribution in [1.29, 1.82) is 0 Å². The third-order valence-corrected chi connectivity index (χ3v) is 10.2. The lowest BCUT2D eigenvalue weighted by atomic mass is 9.86. The number of carbonyl (C=O) groups excluding carboxylic acids is 1. The highest BCUT2D eigenvalue weighted by Crippen LogP contribution is 2.40. The fourth-order valence-corrected chi connectivity index (χ4v) is 4.24. The first kappa shape index (κ1) is 16.8. The number of hydrogen-bond acceptors (Lipinski definition) is 2. The van der Waals surface area contributed by atoms with Crippen LogP contribution in [0.4, 0.5) is 0 Å². The Balaban J connectivity index is 1.93. The van der Waals surface area contributed by atoms with Crippen molar-refractivity contribution in [3.63, 3.8) is 0 Å². The van der Waals surface area contributed by atoms with Crippen LogP contribution in [-0.2, 0) is 9.22 Å². The highest BCUT2D eigenvalue weighted by Gasteiger charge is 2.42. The van der Waals surface area contributed by atoms with Crippen molar-refractivity contribution in [2.24, 2.45) is 0 Å². The highest BCUT2D eigenvalue weighted by atomic mass is 28.4. The molecule has 0 unspecified atom stereocenters. The summed E-state index contributed by atoms with van der Waals surface area (Å²) in [5.41, 5.74) is 1.34. The molecule has 2 aliphatic rings. The zero-order valence-electron chi connectivity index (χ0n) is 14.6. The minimum absolute atomic E-state index is 0.0676. The van der Waals surface area contributed by atoms with Crippen molar-refractivity contribution in [2.45, 2.75) is 77.0 Å². The van der Waals surface area contributed by atoms with Gasteiger partial charge in [-0.2, -0.15) is 0 Å². The van der Waals surface area contributed by atoms with Crippen LogP contribution >= 0.6 is 0 Å². The van der Waals surface area contributed by atoms with Gasteiger partial charge in [-0.05, 0) is 50.7 Å². The summed E-state index contributed by atoms with van der Waals surface area (Å²) in [5, 5.41) is 0.248. The molecule has 2 heterocycles. The highest BCUT2D eigenvalue weighted by molar-refractivity contribution is 6.74. The van der Waals surface area contributed by atoms with Gasteiger partial charge in [-0.3, -0.25) is 4.79 Å². The first-order chi connectivity index (χ1) is 9.55. The lowest BCUT2D eigenvalue weighted by Gasteiger charge is -2.40. The van der Waals surface area contributed by atoms with Crippen LogP contribution in [0.2, 0.25) is 18.1 Å². The molecule has 0 radical (unpaired) electrons. The number of nitrogens with zero attached hydrogens (tertiary/aromatic N) is 1. The molecule has 2 rings (SSSR count). The summed E-state index contributed by atoms with van der Waals surface area (Å²) in [7, 11) is -1.67. The molecule has 1 saturated heterocycles. The molecule has 3 nitrogen and oxygen atoms in total. The van der Waals surface area contributed by atoms with Crippen LogP contribution in [0.1, 0.15) is 53.4 Å². The zero-order chi connectivity index (χ0) is 15.9. The Morgan fingerprint density at radius 2 is 2.05 bits per heavy atom. The van der Waals surface area contributed by atoms with Crippen molar-refractivity contribution < 1.29 is 9.22 Å². The van der Waals surface area contributed by atoms with Crippen molar-refractivity contribution in [2.75, 3.05) is 13.2 Å². The largest absolute Gasteiger partial charge is 0.417 e. The normalized spacial score (nSPS) is 26.9. The van der Waals surface area contributed by atoms with Gasteiger partial charge >= 0.3 is 0 Å². The summed E-state index contributed by atoms with van der Waals surface area (Å²) in [6.45, 7) is 15.3. The Hall–Kier alpha value is -0.613. The predicted molar refractivity (Wildman–Crippen MR) is 89.8 cm³/mol. The smallest absolute Gasteiger partial charge is 0.246 e. The number of fused-ring (bicyclic) bond motifs is 1. The van der Waals surface area contributed by atoms with Crippen LogP contribution < -0.4 is 0 Å². The van der Waals surface area contributed by atoms with E-state index in [1.54, 1.807) is 0 Å². The minimum Gasteiger partial charge on any atom is -0.417 e. The monoisotopic (exact) mass is 309 g/mol. The Morgan fingerprint density at radius 1 is 1.38 bits per heavy atom. The van der Waals surface area contributed by atoms with E-state index in [-0.39, 0.29) is 16.5 Å². The van der Waals surface area contributed by atoms with E-state index in [9.17, 15) is 4.79 Å². The van der Waals surface area contributed by atoms with Crippen molar-refractivity contribution in [3.8, 4) is 0 Å². The van der Waals surface area contributed by atoms with Crippen LogP contribution in [-0.4, -0.2) is 37.8 Å². The van der Waals surface area contributed by atoms with Crippen LogP contribution in [0.5, 0.6) is 0 Å². The van der Waals surface area contributed by atoms with Crippen molar-refractivity contribution in [3.05, 3.63) is 11.6 Å². The summed E-state index contributed by atoms with van der Waals surface area (Å²) in [5.74, 6) is 0.212. The fraction of sp³-hybridized carbons (Fsp3) is 0.824. The first-order valence-corrected chi connectivity index (χ1v) is 11.1. The molecular formula is C17H31NO2Si. The molecule has 0 aromatic carbocycles. The maximum Gasteiger partial charge on any atom is 0.246 e. The summed E-state index contributed by atoms with van der Waals surface area (Å²) in [6, 6.07) is 0. The average molecular weight is 310 g/mol. The van der Waals surface area contributed by atoms with Crippen LogP contribution in [0.3, 0.4) is 0 Å². The molecule has 4 heteroatoms. The number of rotatable bonds is 4. The molecule has 0 aromatic heterocycles. The fourth-order valence-electron chi connectivity index (χ4n) is 3.19. The van der Waals surface area contributed by atoms with Gasteiger partial charge in [0.15, 0.2) is 8.32 Å². The van der Waals surface area contributed by atoms with E-state index >= 15 is 0 Å². The van der Waals surface area contributed by atoms with Gasteiger partial charge in [0.2, 0.25) is 5.91 Å². The molecule has 120 valence electrons. The number of hydrogen-bond donors (Lipinski definition) is 0. The van der Waals surface area contributed by atoms with Gasteiger partial charge < -0.3 is 9.33 Å². The molecule has 0 spiro atoms. The molecule has 2 aliphatic heterocycles. The number of carbonyl (C=O) groups is 1. The van der Waals surface area contributed by atoms with Crippen LogP contribution in [0, 0.1) is 0 Å². The second-order valence-electron chi connectivity index (χ2n) is 8.43. The maximum atomic E-state index is 12.2. The molecule has 0 bridgehead atoms. The van der Waals surface area contributed by atoms with Gasteiger partial charge in [0, 0.05) is 24.8 Å². The van der Waals surface area contributed by atoms with Crippen molar-refractivity contribution >= 4 is 14.2 Å². The second kappa shape index (κ2) is 5.54. The molecule has 1 amide bonds. The van der Waals surface area contributed by atoms with E-state index in [4.69, 9.17) is 4.43 Å². The Morgan fingerprint density at radius 3 is 2.67 bits per heavy atom. The Kier molecular flexibility index (Phi) is 4.42. The Labute approximate surface area is 130 Å². The van der Waals surface area contributed by atoms with Gasteiger partial charge in [-0.1, -0.05) is 26.3 Å². The van der Waals surface area contributed by atoms with E-state index in [0.717, 1.165) is 38.8 Å². The maximum absolute atomic E-state index is 12.2. The summed E-state index contributed by atoms with van der Waals surface area (Å²) in [6.07, 6.45) is 6.08. The molecule has 0 saturated carbocycles. The second-order valence-corrected chi connectivity index (χ2v) is 13.2. The van der Waals surface area contributed by atoms with E-state index < -0.39 is 8.32 Å². The topological polar surface area (TPSA) is 29.5 Å². The molecule has 1 fully saturated rings. The third-order valence-electron chi connectivity index (χ3n) is 5.64. The van der Waals surface area contributed by atoms with Gasteiger partial charge in [0.25, 0.3) is 0 Å². The van der Waals surface area contributed by atoms with E-state index in [1.165, 1.54) is 5.57 Å². The first-order valence-electron chi connectivity index (χ1n) is 8.20. The summed E-state index contributed by atoms with van der Waals surface area (Å²) >= 11 is 0. The van der Waals surface area contributed by atoms with Gasteiger partial charge in [-0.25, -0.2) is 0 Å². The molecule has 0 aromatic rings. The SMILES string of the molecule is CC(C)(C)[Si](C)(C)OCCC1=CC(=O)N2CCC[C@@]2(C)C1. The van der Waals surface area contributed by atoms with E-state index in [0.29, 0.717) is 0 Å². The average Bonchev–Trinajstić information content (AvgIpc) is 2.69. The van der Waals surface area contributed by atoms with E-state index in [2.05, 4.69) is 45.7 Å². The van der Waals surface area contributed by atoms with Gasteiger partial charge in [0.05, 0.1) is 0 Å². The van der Waals surface area contributed by atoms with Gasteiger partial charge in [0.1, 0.15) is 0 Å². The third kappa shape index (κ3) is 3.42. The minimum atomic E-state index is -1.67. The Bertz CT molecular complexity index is 450. The number of amides is 1. The summed E-state index contributed by atoms with van der Waals surface area (Å²) in [4.78, 5) is 14.3. The van der Waals surface area contributed by atoms with Crippen LogP contribution in [0.15, 0.2) is 11.6 Å². The molecular weight excluding hydrogens is 278 g/mol.